The van der Waals surface area contributed by atoms with E-state index in [1.807, 2.05) is 6.26 Å². The number of anilines is 2. The number of halogens is 2. The number of nitrogen functional groups attached to an aromatic ring is 1. The van der Waals surface area contributed by atoms with Gasteiger partial charge < -0.3 is 11.1 Å². The molecule has 1 aromatic carbocycles. The van der Waals surface area contributed by atoms with Gasteiger partial charge in [0.25, 0.3) is 0 Å². The molecule has 0 radical (unpaired) electrons. The first-order valence-corrected chi connectivity index (χ1v) is 6.67. The summed E-state index contributed by atoms with van der Waals surface area (Å²) in [4.78, 5) is 8.21. The van der Waals surface area contributed by atoms with Crippen LogP contribution in [0.25, 0.3) is 0 Å². The number of hydrogen-bond donors (Lipinski definition) is 2. The van der Waals surface area contributed by atoms with Crippen molar-refractivity contribution in [3.63, 3.8) is 0 Å². The van der Waals surface area contributed by atoms with E-state index in [-0.39, 0.29) is 0 Å². The lowest BCUT2D eigenvalue weighted by Crippen LogP contribution is -2.05. The standard InChI is InChI=1S/C12H12F2N4S/c1-19-12-17-10(15)5-11(18-12)16-6-7-2-3-8(13)9(14)4-7/h2-5H,6H2,1H3,(H3,15,16,17,18). The Morgan fingerprint density at radius 1 is 1.21 bits per heavy atom. The first-order valence-electron chi connectivity index (χ1n) is 5.45. The molecule has 0 saturated heterocycles. The molecule has 0 atom stereocenters. The second kappa shape index (κ2) is 5.83. The maximum Gasteiger partial charge on any atom is 0.191 e. The molecule has 0 saturated carbocycles. The number of aromatic nitrogens is 2. The summed E-state index contributed by atoms with van der Waals surface area (Å²) in [5.41, 5.74) is 6.25. The van der Waals surface area contributed by atoms with E-state index in [0.29, 0.717) is 28.9 Å². The van der Waals surface area contributed by atoms with E-state index in [4.69, 9.17) is 5.73 Å². The van der Waals surface area contributed by atoms with Crippen LogP contribution in [0.3, 0.4) is 0 Å². The van der Waals surface area contributed by atoms with E-state index in [2.05, 4.69) is 15.3 Å². The minimum absolute atomic E-state index is 0.321. The highest BCUT2D eigenvalue weighted by molar-refractivity contribution is 7.98. The van der Waals surface area contributed by atoms with Crippen LogP contribution in [0.4, 0.5) is 20.4 Å². The van der Waals surface area contributed by atoms with E-state index in [9.17, 15) is 8.78 Å². The summed E-state index contributed by atoms with van der Waals surface area (Å²) in [5, 5.41) is 3.54. The monoisotopic (exact) mass is 282 g/mol. The Morgan fingerprint density at radius 2 is 2.00 bits per heavy atom. The van der Waals surface area contributed by atoms with Crippen LogP contribution in [-0.2, 0) is 6.54 Å². The largest absolute Gasteiger partial charge is 0.383 e. The molecule has 3 N–H and O–H groups in total. The molecule has 0 bridgehead atoms. The van der Waals surface area contributed by atoms with Crippen molar-refractivity contribution in [2.24, 2.45) is 0 Å². The van der Waals surface area contributed by atoms with Crippen molar-refractivity contribution in [3.8, 4) is 0 Å². The van der Waals surface area contributed by atoms with Crippen molar-refractivity contribution in [3.05, 3.63) is 41.5 Å². The number of benzene rings is 1. The Hall–Kier alpha value is -1.89. The molecule has 0 amide bonds. The van der Waals surface area contributed by atoms with Gasteiger partial charge >= 0.3 is 0 Å². The van der Waals surface area contributed by atoms with Gasteiger partial charge in [-0.3, -0.25) is 0 Å². The molecule has 4 nitrogen and oxygen atoms in total. The summed E-state index contributed by atoms with van der Waals surface area (Å²) in [6.07, 6.45) is 1.84. The van der Waals surface area contributed by atoms with Gasteiger partial charge in [-0.2, -0.15) is 0 Å². The molecule has 0 aliphatic carbocycles. The first kappa shape index (κ1) is 13.5. The first-order chi connectivity index (χ1) is 9.08. The maximum atomic E-state index is 13.0. The average Bonchev–Trinajstić information content (AvgIpc) is 2.39. The molecular formula is C12H12F2N4S. The normalized spacial score (nSPS) is 10.5. The molecule has 0 aliphatic rings. The van der Waals surface area contributed by atoms with Crippen molar-refractivity contribution in [2.45, 2.75) is 11.7 Å². The molecule has 0 unspecified atom stereocenters. The van der Waals surface area contributed by atoms with Crippen LogP contribution >= 0.6 is 11.8 Å². The molecule has 0 aliphatic heterocycles. The highest BCUT2D eigenvalue weighted by Gasteiger charge is 2.04. The van der Waals surface area contributed by atoms with Crippen molar-refractivity contribution in [1.82, 2.24) is 9.97 Å². The van der Waals surface area contributed by atoms with Crippen molar-refractivity contribution < 1.29 is 8.78 Å². The number of rotatable bonds is 4. The SMILES string of the molecule is CSc1nc(N)cc(NCc2ccc(F)c(F)c2)n1. The molecule has 0 fully saturated rings. The van der Waals surface area contributed by atoms with E-state index in [1.165, 1.54) is 17.8 Å². The Kier molecular flexibility index (Phi) is 4.16. The van der Waals surface area contributed by atoms with Gasteiger partial charge in [0.05, 0.1) is 0 Å². The lowest BCUT2D eigenvalue weighted by molar-refractivity contribution is 0.507. The third kappa shape index (κ3) is 3.54. The lowest BCUT2D eigenvalue weighted by Gasteiger charge is -2.07. The summed E-state index contributed by atoms with van der Waals surface area (Å²) in [7, 11) is 0. The Morgan fingerprint density at radius 3 is 2.68 bits per heavy atom. The highest BCUT2D eigenvalue weighted by atomic mass is 32.2. The number of nitrogens with two attached hydrogens (primary N) is 1. The zero-order valence-electron chi connectivity index (χ0n) is 10.2. The molecule has 7 heteroatoms. The predicted molar refractivity (Wildman–Crippen MR) is 71.9 cm³/mol. The third-order valence-corrected chi connectivity index (χ3v) is 2.91. The van der Waals surface area contributed by atoms with Gasteiger partial charge in [0.2, 0.25) is 0 Å². The summed E-state index contributed by atoms with van der Waals surface area (Å²) >= 11 is 1.37. The minimum atomic E-state index is -0.869. The zero-order valence-corrected chi connectivity index (χ0v) is 11.0. The van der Waals surface area contributed by atoms with Gasteiger partial charge in [0.15, 0.2) is 16.8 Å². The zero-order chi connectivity index (χ0) is 13.8. The molecular weight excluding hydrogens is 270 g/mol. The quantitative estimate of drug-likeness (QED) is 0.667. The van der Waals surface area contributed by atoms with Gasteiger partial charge in [0.1, 0.15) is 11.6 Å². The van der Waals surface area contributed by atoms with Gasteiger partial charge in [-0.1, -0.05) is 17.8 Å². The van der Waals surface area contributed by atoms with Crippen molar-refractivity contribution in [2.75, 3.05) is 17.3 Å². The molecule has 1 heterocycles. The Labute approximate surface area is 113 Å². The van der Waals surface area contributed by atoms with Gasteiger partial charge in [-0.15, -0.1) is 0 Å². The topological polar surface area (TPSA) is 63.8 Å². The fourth-order valence-corrected chi connectivity index (χ4v) is 1.85. The predicted octanol–water partition coefficient (Wildman–Crippen LogP) is 2.67. The van der Waals surface area contributed by atoms with Crippen LogP contribution in [0.2, 0.25) is 0 Å². The lowest BCUT2D eigenvalue weighted by atomic mass is 10.2. The molecule has 1 aromatic heterocycles. The van der Waals surface area contributed by atoms with Gasteiger partial charge in [0, 0.05) is 12.6 Å². The molecule has 2 aromatic rings. The van der Waals surface area contributed by atoms with E-state index < -0.39 is 11.6 Å². The van der Waals surface area contributed by atoms with E-state index in [0.717, 1.165) is 12.1 Å². The van der Waals surface area contributed by atoms with Gasteiger partial charge in [-0.05, 0) is 24.0 Å². The average molecular weight is 282 g/mol. The van der Waals surface area contributed by atoms with Crippen LogP contribution in [-0.4, -0.2) is 16.2 Å². The van der Waals surface area contributed by atoms with E-state index >= 15 is 0 Å². The molecule has 2 rings (SSSR count). The third-order valence-electron chi connectivity index (χ3n) is 2.37. The second-order valence-corrected chi connectivity index (χ2v) is 4.54. The summed E-state index contributed by atoms with van der Waals surface area (Å²) in [5.74, 6) is -0.834. The van der Waals surface area contributed by atoms with Crippen molar-refractivity contribution in [1.29, 1.82) is 0 Å². The summed E-state index contributed by atoms with van der Waals surface area (Å²) in [6.45, 7) is 0.321. The summed E-state index contributed by atoms with van der Waals surface area (Å²) < 4.78 is 25.8. The molecule has 100 valence electrons. The summed E-state index contributed by atoms with van der Waals surface area (Å²) in [6, 6.07) is 5.32. The molecule has 19 heavy (non-hydrogen) atoms. The maximum absolute atomic E-state index is 13.0. The smallest absolute Gasteiger partial charge is 0.191 e. The van der Waals surface area contributed by atoms with Crippen LogP contribution in [0.15, 0.2) is 29.4 Å². The van der Waals surface area contributed by atoms with Crippen LogP contribution in [0, 0.1) is 11.6 Å². The number of hydrogen-bond acceptors (Lipinski definition) is 5. The van der Waals surface area contributed by atoms with Crippen LogP contribution < -0.4 is 11.1 Å². The highest BCUT2D eigenvalue weighted by Crippen LogP contribution is 2.16. The van der Waals surface area contributed by atoms with Gasteiger partial charge in [-0.25, -0.2) is 18.7 Å². The number of nitrogens with one attached hydrogen (secondary N) is 1. The fraction of sp³-hybridized carbons (Fsp3) is 0.167. The number of nitrogens with zero attached hydrogens (tertiary/aromatic N) is 2. The molecule has 0 spiro atoms. The van der Waals surface area contributed by atoms with Crippen molar-refractivity contribution >= 4 is 23.4 Å². The number of thioether (sulfide) groups is 1. The van der Waals surface area contributed by atoms with E-state index in [1.54, 1.807) is 6.07 Å². The minimum Gasteiger partial charge on any atom is -0.383 e. The second-order valence-electron chi connectivity index (χ2n) is 3.77. The fourth-order valence-electron chi connectivity index (χ4n) is 1.47. The van der Waals surface area contributed by atoms with Crippen LogP contribution in [0.1, 0.15) is 5.56 Å². The Balaban J connectivity index is 2.09. The Bertz CT molecular complexity index is 592. The van der Waals surface area contributed by atoms with Crippen LogP contribution in [0.5, 0.6) is 0 Å².